The molecule has 0 spiro atoms. The highest BCUT2D eigenvalue weighted by molar-refractivity contribution is 7.80. The summed E-state index contributed by atoms with van der Waals surface area (Å²) in [5.74, 6) is 1.36. The maximum absolute atomic E-state index is 12.7. The van der Waals surface area contributed by atoms with E-state index in [-0.39, 0.29) is 11.0 Å². The van der Waals surface area contributed by atoms with E-state index in [1.54, 1.807) is 18.2 Å². The van der Waals surface area contributed by atoms with Crippen molar-refractivity contribution in [1.29, 1.82) is 0 Å². The zero-order valence-corrected chi connectivity index (χ0v) is 19.2. The Kier molecular flexibility index (Phi) is 8.63. The third kappa shape index (κ3) is 7.39. The molecule has 0 aliphatic carbocycles. The predicted molar refractivity (Wildman–Crippen MR) is 133 cm³/mol. The predicted octanol–water partition coefficient (Wildman–Crippen LogP) is 5.47. The van der Waals surface area contributed by atoms with Gasteiger partial charge in [-0.15, -0.1) is 0 Å². The smallest absolute Gasteiger partial charge is 0.261 e. The molecule has 0 heterocycles. The van der Waals surface area contributed by atoms with Crippen LogP contribution in [0.4, 0.5) is 5.69 Å². The summed E-state index contributed by atoms with van der Waals surface area (Å²) >= 11 is 5.30. The molecule has 166 valence electrons. The minimum absolute atomic E-state index is 0.214. The molecule has 5 nitrogen and oxygen atoms in total. The molecule has 3 rings (SSSR count). The third-order valence-corrected chi connectivity index (χ3v) is 4.75. The average molecular weight is 449 g/mol. The first-order valence-corrected chi connectivity index (χ1v) is 11.0. The lowest BCUT2D eigenvalue weighted by molar-refractivity contribution is 0.0973. The van der Waals surface area contributed by atoms with E-state index in [4.69, 9.17) is 21.7 Å². The van der Waals surface area contributed by atoms with Crippen LogP contribution in [0.25, 0.3) is 0 Å². The van der Waals surface area contributed by atoms with Crippen LogP contribution in [0.3, 0.4) is 0 Å². The van der Waals surface area contributed by atoms with Crippen LogP contribution < -0.4 is 20.1 Å². The summed E-state index contributed by atoms with van der Waals surface area (Å²) in [5, 5.41) is 5.95. The molecule has 0 saturated carbocycles. The van der Waals surface area contributed by atoms with Gasteiger partial charge in [0.25, 0.3) is 5.91 Å². The van der Waals surface area contributed by atoms with E-state index < -0.39 is 0 Å². The average Bonchev–Trinajstić information content (AvgIpc) is 2.79. The number of thiocarbonyl (C=S) groups is 1. The first kappa shape index (κ1) is 23.3. The van der Waals surface area contributed by atoms with Gasteiger partial charge in [-0.05, 0) is 60.1 Å². The fourth-order valence-electron chi connectivity index (χ4n) is 2.94. The molecule has 2 N–H and O–H groups in total. The van der Waals surface area contributed by atoms with E-state index in [9.17, 15) is 4.79 Å². The Hall–Kier alpha value is -3.38. The number of rotatable bonds is 9. The Morgan fingerprint density at radius 3 is 2.31 bits per heavy atom. The Bertz CT molecular complexity index is 1020. The zero-order chi connectivity index (χ0) is 22.8. The van der Waals surface area contributed by atoms with Gasteiger partial charge < -0.3 is 14.8 Å². The van der Waals surface area contributed by atoms with Crippen molar-refractivity contribution in [3.05, 3.63) is 90.0 Å². The molecular formula is C26H28N2O3S. The van der Waals surface area contributed by atoms with Crippen molar-refractivity contribution in [2.45, 2.75) is 20.3 Å². The van der Waals surface area contributed by atoms with Crippen LogP contribution >= 0.6 is 12.2 Å². The quantitative estimate of drug-likeness (QED) is 0.425. The van der Waals surface area contributed by atoms with E-state index in [0.717, 1.165) is 17.9 Å². The lowest BCUT2D eigenvalue weighted by Crippen LogP contribution is -2.34. The number of hydrogen-bond donors (Lipinski definition) is 2. The van der Waals surface area contributed by atoms with Gasteiger partial charge in [-0.3, -0.25) is 10.1 Å². The van der Waals surface area contributed by atoms with Crippen LogP contribution in [0, 0.1) is 5.92 Å². The standard InChI is InChI=1S/C26H28N2O3S/c1-19(2)18-31-24-11-7-6-10-23(24)25(29)28-26(32)27-21-12-14-22(15-13-21)30-17-16-20-8-4-3-5-9-20/h3-15,19H,16-18H2,1-2H3,(H2,27,28,29,32). The molecule has 0 saturated heterocycles. The Morgan fingerprint density at radius 1 is 0.906 bits per heavy atom. The SMILES string of the molecule is CC(C)COc1ccccc1C(=O)NC(=S)Nc1ccc(OCCc2ccccc2)cc1. The van der Waals surface area contributed by atoms with Gasteiger partial charge in [-0.1, -0.05) is 56.3 Å². The summed E-state index contributed by atoms with van der Waals surface area (Å²) in [7, 11) is 0. The number of anilines is 1. The fraction of sp³-hybridized carbons (Fsp3) is 0.231. The molecule has 1 amide bonds. The van der Waals surface area contributed by atoms with E-state index >= 15 is 0 Å². The van der Waals surface area contributed by atoms with Crippen molar-refractivity contribution < 1.29 is 14.3 Å². The molecule has 0 bridgehead atoms. The van der Waals surface area contributed by atoms with E-state index in [1.165, 1.54) is 5.56 Å². The van der Waals surface area contributed by atoms with Crippen LogP contribution in [0.2, 0.25) is 0 Å². The zero-order valence-electron chi connectivity index (χ0n) is 18.3. The molecule has 0 aliphatic heterocycles. The van der Waals surface area contributed by atoms with Gasteiger partial charge >= 0.3 is 0 Å². The molecule has 0 aliphatic rings. The third-order valence-electron chi connectivity index (χ3n) is 4.55. The van der Waals surface area contributed by atoms with E-state index in [2.05, 4.69) is 36.6 Å². The second-order valence-corrected chi connectivity index (χ2v) is 8.13. The summed E-state index contributed by atoms with van der Waals surface area (Å²) in [4.78, 5) is 12.7. The number of carbonyl (C=O) groups excluding carboxylic acids is 1. The van der Waals surface area contributed by atoms with Gasteiger partial charge in [0.05, 0.1) is 18.8 Å². The highest BCUT2D eigenvalue weighted by Crippen LogP contribution is 2.19. The van der Waals surface area contributed by atoms with Gasteiger partial charge in [0, 0.05) is 12.1 Å². The Balaban J connectivity index is 1.49. The topological polar surface area (TPSA) is 59.6 Å². The van der Waals surface area contributed by atoms with Crippen LogP contribution in [-0.4, -0.2) is 24.2 Å². The number of hydrogen-bond acceptors (Lipinski definition) is 4. The number of ether oxygens (including phenoxy) is 2. The molecule has 0 fully saturated rings. The monoisotopic (exact) mass is 448 g/mol. The van der Waals surface area contributed by atoms with Gasteiger partial charge in [0.2, 0.25) is 0 Å². The second kappa shape index (κ2) is 11.9. The van der Waals surface area contributed by atoms with Crippen LogP contribution in [0.15, 0.2) is 78.9 Å². The minimum Gasteiger partial charge on any atom is -0.493 e. The molecule has 6 heteroatoms. The second-order valence-electron chi connectivity index (χ2n) is 7.72. The maximum Gasteiger partial charge on any atom is 0.261 e. The van der Waals surface area contributed by atoms with Gasteiger partial charge in [0.15, 0.2) is 5.11 Å². The molecule has 3 aromatic rings. The summed E-state index contributed by atoms with van der Waals surface area (Å²) in [6.07, 6.45) is 0.847. The van der Waals surface area contributed by atoms with Crippen molar-refractivity contribution >= 4 is 28.9 Å². The molecule has 0 atom stereocenters. The molecule has 0 aromatic heterocycles. The highest BCUT2D eigenvalue weighted by atomic mass is 32.1. The lowest BCUT2D eigenvalue weighted by Gasteiger charge is -2.14. The molecule has 0 radical (unpaired) electrons. The summed E-state index contributed by atoms with van der Waals surface area (Å²) in [6, 6.07) is 24.8. The van der Waals surface area contributed by atoms with Crippen molar-refractivity contribution in [2.24, 2.45) is 5.92 Å². The van der Waals surface area contributed by atoms with E-state index in [1.807, 2.05) is 48.5 Å². The van der Waals surface area contributed by atoms with Crippen LogP contribution in [0.1, 0.15) is 29.8 Å². The fourth-order valence-corrected chi connectivity index (χ4v) is 3.15. The summed E-state index contributed by atoms with van der Waals surface area (Å²) in [6.45, 7) is 5.25. The van der Waals surface area contributed by atoms with Crippen molar-refractivity contribution in [3.63, 3.8) is 0 Å². The molecule has 0 unspecified atom stereocenters. The number of nitrogens with one attached hydrogen (secondary N) is 2. The van der Waals surface area contributed by atoms with Crippen molar-refractivity contribution in [2.75, 3.05) is 18.5 Å². The van der Waals surface area contributed by atoms with E-state index in [0.29, 0.717) is 30.4 Å². The van der Waals surface area contributed by atoms with Gasteiger partial charge in [-0.2, -0.15) is 0 Å². The van der Waals surface area contributed by atoms with Crippen LogP contribution in [-0.2, 0) is 6.42 Å². The first-order chi connectivity index (χ1) is 15.5. The Morgan fingerprint density at radius 2 is 1.59 bits per heavy atom. The van der Waals surface area contributed by atoms with Gasteiger partial charge in [0.1, 0.15) is 11.5 Å². The normalized spacial score (nSPS) is 10.5. The molecule has 3 aromatic carbocycles. The minimum atomic E-state index is -0.317. The largest absolute Gasteiger partial charge is 0.493 e. The molecular weight excluding hydrogens is 420 g/mol. The molecule has 32 heavy (non-hydrogen) atoms. The first-order valence-electron chi connectivity index (χ1n) is 10.6. The lowest BCUT2D eigenvalue weighted by atomic mass is 10.2. The number of carbonyl (C=O) groups is 1. The highest BCUT2D eigenvalue weighted by Gasteiger charge is 2.14. The van der Waals surface area contributed by atoms with Crippen LogP contribution in [0.5, 0.6) is 11.5 Å². The van der Waals surface area contributed by atoms with Gasteiger partial charge in [-0.25, -0.2) is 0 Å². The van der Waals surface area contributed by atoms with Crippen molar-refractivity contribution in [3.8, 4) is 11.5 Å². The number of benzene rings is 3. The summed E-state index contributed by atoms with van der Waals surface area (Å²) in [5.41, 5.74) is 2.44. The number of amides is 1. The maximum atomic E-state index is 12.7. The number of para-hydroxylation sites is 1. The Labute approximate surface area is 194 Å². The van der Waals surface area contributed by atoms with Crippen molar-refractivity contribution in [1.82, 2.24) is 5.32 Å². The summed E-state index contributed by atoms with van der Waals surface area (Å²) < 4.78 is 11.6.